The summed E-state index contributed by atoms with van der Waals surface area (Å²) in [4.78, 5) is 4.07. The predicted octanol–water partition coefficient (Wildman–Crippen LogP) is 17.2. The Kier molecular flexibility index (Phi) is 7.99. The molecule has 2 nitrogen and oxygen atoms in total. The van der Waals surface area contributed by atoms with E-state index >= 15 is 0 Å². The molecule has 11 aromatic rings. The maximum atomic E-state index is 2.78. The average Bonchev–Trinajstić information content (AvgIpc) is 4.09. The summed E-state index contributed by atoms with van der Waals surface area (Å²) < 4.78 is 6.77. The van der Waals surface area contributed by atoms with Crippen LogP contribution in [-0.2, 0) is 21.7 Å². The van der Waals surface area contributed by atoms with E-state index in [1.807, 2.05) is 22.7 Å². The zero-order valence-corrected chi connectivity index (χ0v) is 43.2. The van der Waals surface area contributed by atoms with Gasteiger partial charge in [-0.05, 0) is 150 Å². The summed E-state index contributed by atoms with van der Waals surface area (Å²) >= 11 is 3.86. The number of hydrogen-bond acceptors (Lipinski definition) is 3. The van der Waals surface area contributed by atoms with Gasteiger partial charge in [0.05, 0.1) is 11.0 Å². The predicted molar refractivity (Wildman–Crippen MR) is 305 cm³/mol. The van der Waals surface area contributed by atoms with Crippen molar-refractivity contribution in [1.82, 2.24) is 4.57 Å². The van der Waals surface area contributed by atoms with Gasteiger partial charge in [0, 0.05) is 68.6 Å². The van der Waals surface area contributed by atoms with Crippen LogP contribution in [-0.4, -0.2) is 11.4 Å². The Morgan fingerprint density at radius 1 is 0.557 bits per heavy atom. The first-order valence-corrected chi connectivity index (χ1v) is 27.0. The lowest BCUT2D eigenvalue weighted by molar-refractivity contribution is 0.332. The Bertz CT molecular complexity index is 4130. The number of nitrogens with zero attached hydrogens (tertiary/aromatic N) is 2. The molecule has 70 heavy (non-hydrogen) atoms. The molecule has 5 heterocycles. The maximum absolute atomic E-state index is 2.78. The fourth-order valence-electron chi connectivity index (χ4n) is 13.8. The van der Waals surface area contributed by atoms with E-state index in [0.717, 1.165) is 0 Å². The number of aromatic nitrogens is 1. The number of fused-ring (bicyclic) bond motifs is 18. The first-order chi connectivity index (χ1) is 33.6. The fraction of sp³-hybridized carbons (Fsp3) is 0.231. The normalized spacial score (nSPS) is 16.8. The van der Waals surface area contributed by atoms with Gasteiger partial charge in [-0.2, -0.15) is 0 Å². The maximum Gasteiger partial charge on any atom is 0.333 e. The van der Waals surface area contributed by atoms with Crippen LogP contribution in [0.1, 0.15) is 103 Å². The summed E-state index contributed by atoms with van der Waals surface area (Å²) in [7, 11) is 0. The molecule has 5 heteroatoms. The van der Waals surface area contributed by atoms with Crippen molar-refractivity contribution in [3.05, 3.63) is 173 Å². The first-order valence-electron chi connectivity index (χ1n) is 25.4. The van der Waals surface area contributed by atoms with Crippen molar-refractivity contribution in [2.45, 2.75) is 96.8 Å². The molecule has 0 bridgehead atoms. The van der Waals surface area contributed by atoms with Crippen LogP contribution in [0.3, 0.4) is 0 Å². The summed E-state index contributed by atoms with van der Waals surface area (Å²) in [6.45, 7) is 21.9. The highest BCUT2D eigenvalue weighted by atomic mass is 32.1. The lowest BCUT2D eigenvalue weighted by Gasteiger charge is -2.43. The minimum absolute atomic E-state index is 0.0305. The van der Waals surface area contributed by atoms with Gasteiger partial charge in [0.2, 0.25) is 0 Å². The Morgan fingerprint density at radius 2 is 1.26 bits per heavy atom. The first kappa shape index (κ1) is 41.4. The lowest BCUT2D eigenvalue weighted by atomic mass is 9.43. The smallest absolute Gasteiger partial charge is 0.333 e. The molecule has 2 aliphatic carbocycles. The van der Waals surface area contributed by atoms with E-state index in [0.29, 0.717) is 0 Å². The largest absolute Gasteiger partial charge is 0.376 e. The molecule has 0 amide bonds. The van der Waals surface area contributed by atoms with Crippen LogP contribution in [0.4, 0.5) is 11.4 Å². The summed E-state index contributed by atoms with van der Waals surface area (Å²) in [5.74, 6) is 0. The molecule has 0 saturated heterocycles. The number of anilines is 2. The minimum Gasteiger partial charge on any atom is -0.376 e. The molecule has 2 aliphatic heterocycles. The number of hydrogen-bond donors (Lipinski definition) is 0. The highest BCUT2D eigenvalue weighted by Gasteiger charge is 2.50. The molecule has 0 atom stereocenters. The number of rotatable bonds is 2. The topological polar surface area (TPSA) is 8.17 Å². The minimum atomic E-state index is -0.248. The molecule has 0 radical (unpaired) electrons. The van der Waals surface area contributed by atoms with E-state index in [-0.39, 0.29) is 28.5 Å². The van der Waals surface area contributed by atoms with Gasteiger partial charge >= 0.3 is 6.85 Å². The molecule has 8 aromatic carbocycles. The number of thiophene rings is 2. The Labute approximate surface area is 419 Å². The van der Waals surface area contributed by atoms with Crippen LogP contribution in [0.15, 0.2) is 146 Å². The second-order valence-corrected chi connectivity index (χ2v) is 26.1. The van der Waals surface area contributed by atoms with Crippen molar-refractivity contribution in [3.8, 4) is 38.4 Å². The zero-order chi connectivity index (χ0) is 47.5. The van der Waals surface area contributed by atoms with Crippen LogP contribution < -0.4 is 15.7 Å². The molecule has 0 unspecified atom stereocenters. The van der Waals surface area contributed by atoms with E-state index in [9.17, 15) is 0 Å². The average molecular weight is 939 g/mol. The SMILES string of the molecule is CC(C)(C)c1ccc(N2B3c4cc5cc(-c6ccccc6)sc5cc4-n4c5cc6c(cc5c5c7c(c(c3c54)-c3cc4c(cc32)sc2ccccc24)-c2ccccc2C7(C)C)C(C)(C)CCC6(C)C)cc1. The monoisotopic (exact) mass is 938 g/mol. The third-order valence-electron chi connectivity index (χ3n) is 17.5. The van der Waals surface area contributed by atoms with Crippen molar-refractivity contribution >= 4 is 104 Å². The highest BCUT2D eigenvalue weighted by Crippen LogP contribution is 2.60. The summed E-state index contributed by atoms with van der Waals surface area (Å²) in [6.07, 6.45) is 2.35. The molecule has 4 aliphatic rings. The summed E-state index contributed by atoms with van der Waals surface area (Å²) in [5.41, 5.74) is 23.3. The molecule has 0 saturated carbocycles. The van der Waals surface area contributed by atoms with Gasteiger partial charge in [0.1, 0.15) is 0 Å². The van der Waals surface area contributed by atoms with Gasteiger partial charge < -0.3 is 9.38 Å². The van der Waals surface area contributed by atoms with Gasteiger partial charge in [0.25, 0.3) is 0 Å². The Hall–Kier alpha value is -6.40. The molecule has 0 spiro atoms. The van der Waals surface area contributed by atoms with Crippen LogP contribution >= 0.6 is 22.7 Å². The Morgan fingerprint density at radius 3 is 2.03 bits per heavy atom. The van der Waals surface area contributed by atoms with Crippen molar-refractivity contribution in [2.24, 2.45) is 0 Å². The highest BCUT2D eigenvalue weighted by molar-refractivity contribution is 7.26. The number of benzene rings is 8. The van der Waals surface area contributed by atoms with Gasteiger partial charge in [-0.3, -0.25) is 0 Å². The Balaban J connectivity index is 1.18. The van der Waals surface area contributed by atoms with Gasteiger partial charge in [0.15, 0.2) is 0 Å². The van der Waals surface area contributed by atoms with Crippen molar-refractivity contribution < 1.29 is 0 Å². The lowest BCUT2D eigenvalue weighted by Crippen LogP contribution is -2.60. The van der Waals surface area contributed by atoms with Crippen LogP contribution in [0.2, 0.25) is 0 Å². The molecule has 340 valence electrons. The molecular weight excluding hydrogens is 884 g/mol. The quantitative estimate of drug-likeness (QED) is 0.157. The molecular formula is C65H55BN2S2. The fourth-order valence-corrected chi connectivity index (χ4v) is 16.0. The van der Waals surface area contributed by atoms with Crippen LogP contribution in [0.5, 0.6) is 0 Å². The third-order valence-corrected chi connectivity index (χ3v) is 19.8. The van der Waals surface area contributed by atoms with Gasteiger partial charge in [-0.25, -0.2) is 0 Å². The van der Waals surface area contributed by atoms with Crippen LogP contribution in [0, 0.1) is 0 Å². The van der Waals surface area contributed by atoms with E-state index < -0.39 is 0 Å². The molecule has 15 rings (SSSR count). The van der Waals surface area contributed by atoms with E-state index in [4.69, 9.17) is 0 Å². The van der Waals surface area contributed by atoms with E-state index in [1.165, 1.54) is 153 Å². The zero-order valence-electron chi connectivity index (χ0n) is 41.6. The van der Waals surface area contributed by atoms with Gasteiger partial charge in [-0.15, -0.1) is 22.7 Å². The second kappa shape index (κ2) is 13.5. The third kappa shape index (κ3) is 5.30. The molecule has 3 aromatic heterocycles. The second-order valence-electron chi connectivity index (χ2n) is 23.9. The van der Waals surface area contributed by atoms with Crippen LogP contribution in [0.25, 0.3) is 90.4 Å². The summed E-state index contributed by atoms with van der Waals surface area (Å²) in [6, 6.07) is 57.2. The molecule has 0 N–H and O–H groups in total. The van der Waals surface area contributed by atoms with Gasteiger partial charge in [-0.1, -0.05) is 153 Å². The van der Waals surface area contributed by atoms with Crippen molar-refractivity contribution in [2.75, 3.05) is 4.81 Å². The van der Waals surface area contributed by atoms with E-state index in [1.54, 1.807) is 0 Å². The van der Waals surface area contributed by atoms with Crippen molar-refractivity contribution in [1.29, 1.82) is 0 Å². The van der Waals surface area contributed by atoms with Crippen molar-refractivity contribution in [3.63, 3.8) is 0 Å². The molecule has 0 fully saturated rings. The summed E-state index contributed by atoms with van der Waals surface area (Å²) in [5, 5.41) is 6.82. The van der Waals surface area contributed by atoms with E-state index in [2.05, 4.69) is 217 Å². The standard InChI is InChI=1S/C65H55BN2S2/c1-62(2,3)38-23-25-39(26-24-38)68-50-34-55-42(40-19-14-16-22-52(40)69-55)31-43(50)57-56-41-20-13-15-21-45(41)65(8,9)59(56)58-44-32-46-47(64(6,7)28-27-63(46,4)5)33-49(44)67-51-35-54-37(29-48(51)66(68)60(57)61(58)67)30-53(70-54)36-17-11-10-12-18-36/h10-26,29-35H,27-28H2,1-9H3.